The smallest absolute Gasteiger partial charge is 0.166 e. The van der Waals surface area contributed by atoms with Gasteiger partial charge in [0, 0.05) is 20.9 Å². The van der Waals surface area contributed by atoms with E-state index in [2.05, 4.69) is 46.6 Å². The van der Waals surface area contributed by atoms with Gasteiger partial charge >= 0.3 is 0 Å². The molecule has 1 aromatic heterocycles. The minimum absolute atomic E-state index is 0.322. The van der Waals surface area contributed by atoms with Crippen molar-refractivity contribution in [2.45, 2.75) is 19.9 Å². The normalized spacial score (nSPS) is 11.0. The van der Waals surface area contributed by atoms with E-state index in [9.17, 15) is 0 Å². The van der Waals surface area contributed by atoms with Gasteiger partial charge in [-0.25, -0.2) is 0 Å². The second-order valence-electron chi connectivity index (χ2n) is 3.89. The first-order valence-electron chi connectivity index (χ1n) is 5.04. The first-order chi connectivity index (χ1) is 7.59. The van der Waals surface area contributed by atoms with Crippen molar-refractivity contribution < 1.29 is 0 Å². The van der Waals surface area contributed by atoms with E-state index in [0.29, 0.717) is 6.04 Å². The Morgan fingerprint density at radius 2 is 2.12 bits per heavy atom. The molecule has 0 unspecified atom stereocenters. The maximum absolute atomic E-state index is 5.97. The summed E-state index contributed by atoms with van der Waals surface area (Å²) in [7, 11) is 0. The molecular weight excluding hydrogens is 315 g/mol. The van der Waals surface area contributed by atoms with Crippen LogP contribution in [-0.2, 0) is 0 Å². The number of hydrogen-bond donors (Lipinski definition) is 1. The van der Waals surface area contributed by atoms with E-state index in [1.165, 1.54) is 0 Å². The molecule has 84 valence electrons. The average Bonchev–Trinajstić information content (AvgIpc) is 2.70. The second kappa shape index (κ2) is 4.40. The Morgan fingerprint density at radius 3 is 2.81 bits per heavy atom. The fourth-order valence-corrected chi connectivity index (χ4v) is 2.03. The summed E-state index contributed by atoms with van der Waals surface area (Å²) in [4.78, 5) is 0. The first kappa shape index (κ1) is 11.4. The third-order valence-electron chi connectivity index (χ3n) is 2.39. The molecule has 1 heterocycles. The third kappa shape index (κ3) is 2.04. The molecule has 0 aliphatic rings. The average molecular weight is 328 g/mol. The molecule has 0 saturated heterocycles. The van der Waals surface area contributed by atoms with E-state index >= 15 is 0 Å². The molecule has 2 N–H and O–H groups in total. The summed E-state index contributed by atoms with van der Waals surface area (Å²) in [5.74, 6) is 0.825. The number of anilines is 1. The lowest BCUT2D eigenvalue weighted by molar-refractivity contribution is 0.604. The molecular formula is C11H13IN4. The van der Waals surface area contributed by atoms with Gasteiger partial charge in [-0.05, 0) is 54.6 Å². The maximum atomic E-state index is 5.97. The molecule has 1 aromatic carbocycles. The minimum Gasteiger partial charge on any atom is -0.398 e. The number of halogens is 1. The highest BCUT2D eigenvalue weighted by molar-refractivity contribution is 14.1. The molecule has 2 aromatic rings. The SMILES string of the molecule is CC(C)n1cnnc1-c1cc(I)ccc1N. The zero-order valence-corrected chi connectivity index (χ0v) is 11.3. The van der Waals surface area contributed by atoms with Crippen molar-refractivity contribution in [1.29, 1.82) is 0 Å². The minimum atomic E-state index is 0.322. The van der Waals surface area contributed by atoms with Crippen LogP contribution in [0.25, 0.3) is 11.4 Å². The summed E-state index contributed by atoms with van der Waals surface area (Å²) >= 11 is 2.26. The monoisotopic (exact) mass is 328 g/mol. The van der Waals surface area contributed by atoms with Gasteiger partial charge in [0.1, 0.15) is 6.33 Å². The molecule has 4 nitrogen and oxygen atoms in total. The molecule has 0 aliphatic carbocycles. The lowest BCUT2D eigenvalue weighted by atomic mass is 10.1. The molecule has 0 spiro atoms. The molecule has 16 heavy (non-hydrogen) atoms. The number of rotatable bonds is 2. The van der Waals surface area contributed by atoms with E-state index in [0.717, 1.165) is 20.6 Å². The van der Waals surface area contributed by atoms with Gasteiger partial charge in [0.15, 0.2) is 5.82 Å². The quantitative estimate of drug-likeness (QED) is 0.681. The maximum Gasteiger partial charge on any atom is 0.166 e. The molecule has 2 rings (SSSR count). The van der Waals surface area contributed by atoms with Crippen LogP contribution >= 0.6 is 22.6 Å². The summed E-state index contributed by atoms with van der Waals surface area (Å²) in [6, 6.07) is 6.23. The van der Waals surface area contributed by atoms with Gasteiger partial charge in [0.2, 0.25) is 0 Å². The molecule has 0 fully saturated rings. The summed E-state index contributed by atoms with van der Waals surface area (Å²) in [6.07, 6.45) is 1.74. The summed E-state index contributed by atoms with van der Waals surface area (Å²) < 4.78 is 3.15. The number of nitrogen functional groups attached to an aromatic ring is 1. The van der Waals surface area contributed by atoms with Gasteiger partial charge in [-0.2, -0.15) is 0 Å². The molecule has 0 aliphatic heterocycles. The Balaban J connectivity index is 2.58. The van der Waals surface area contributed by atoms with Gasteiger partial charge in [-0.3, -0.25) is 0 Å². The van der Waals surface area contributed by atoms with Crippen molar-refractivity contribution >= 4 is 28.3 Å². The van der Waals surface area contributed by atoms with Gasteiger partial charge in [0.25, 0.3) is 0 Å². The van der Waals surface area contributed by atoms with Crippen molar-refractivity contribution in [3.05, 3.63) is 28.1 Å². The second-order valence-corrected chi connectivity index (χ2v) is 5.13. The van der Waals surface area contributed by atoms with Crippen LogP contribution in [0.5, 0.6) is 0 Å². The van der Waals surface area contributed by atoms with Crippen LogP contribution in [-0.4, -0.2) is 14.8 Å². The van der Waals surface area contributed by atoms with Gasteiger partial charge < -0.3 is 10.3 Å². The number of hydrogen-bond acceptors (Lipinski definition) is 3. The zero-order valence-electron chi connectivity index (χ0n) is 9.18. The van der Waals surface area contributed by atoms with Crippen molar-refractivity contribution in [2.75, 3.05) is 5.73 Å². The van der Waals surface area contributed by atoms with Gasteiger partial charge in [-0.1, -0.05) is 0 Å². The van der Waals surface area contributed by atoms with Crippen molar-refractivity contribution in [3.8, 4) is 11.4 Å². The Hall–Kier alpha value is -1.11. The third-order valence-corrected chi connectivity index (χ3v) is 3.06. The summed E-state index contributed by atoms with van der Waals surface area (Å²) in [5, 5.41) is 8.08. The zero-order chi connectivity index (χ0) is 11.7. The molecule has 0 saturated carbocycles. The molecule has 0 radical (unpaired) electrons. The van der Waals surface area contributed by atoms with Crippen LogP contribution in [0.1, 0.15) is 19.9 Å². The Morgan fingerprint density at radius 1 is 1.38 bits per heavy atom. The number of nitrogens with two attached hydrogens (primary N) is 1. The van der Waals surface area contributed by atoms with Crippen molar-refractivity contribution in [2.24, 2.45) is 0 Å². The van der Waals surface area contributed by atoms with Gasteiger partial charge in [-0.15, -0.1) is 10.2 Å². The van der Waals surface area contributed by atoms with E-state index < -0.39 is 0 Å². The standard InChI is InChI=1S/C11H13IN4/c1-7(2)16-6-14-15-11(16)9-5-8(12)3-4-10(9)13/h3-7H,13H2,1-2H3. The fourth-order valence-electron chi connectivity index (χ4n) is 1.54. The highest BCUT2D eigenvalue weighted by atomic mass is 127. The molecule has 0 atom stereocenters. The number of benzene rings is 1. The molecule has 0 amide bonds. The van der Waals surface area contributed by atoms with E-state index in [1.807, 2.05) is 22.8 Å². The van der Waals surface area contributed by atoms with Crippen LogP contribution in [0, 0.1) is 3.57 Å². The largest absolute Gasteiger partial charge is 0.398 e. The Labute approximate surface area is 108 Å². The molecule has 0 bridgehead atoms. The van der Waals surface area contributed by atoms with Crippen molar-refractivity contribution in [1.82, 2.24) is 14.8 Å². The number of aromatic nitrogens is 3. The van der Waals surface area contributed by atoms with Crippen LogP contribution in [0.4, 0.5) is 5.69 Å². The first-order valence-corrected chi connectivity index (χ1v) is 6.12. The topological polar surface area (TPSA) is 56.7 Å². The number of nitrogens with zero attached hydrogens (tertiary/aromatic N) is 3. The van der Waals surface area contributed by atoms with E-state index in [4.69, 9.17) is 5.73 Å². The van der Waals surface area contributed by atoms with Crippen LogP contribution in [0.15, 0.2) is 24.5 Å². The van der Waals surface area contributed by atoms with Crippen LogP contribution < -0.4 is 5.73 Å². The predicted molar refractivity (Wildman–Crippen MR) is 73.0 cm³/mol. The Bertz CT molecular complexity index is 504. The lowest BCUT2D eigenvalue weighted by Gasteiger charge is -2.11. The van der Waals surface area contributed by atoms with Crippen molar-refractivity contribution in [3.63, 3.8) is 0 Å². The van der Waals surface area contributed by atoms with Crippen LogP contribution in [0.2, 0.25) is 0 Å². The highest BCUT2D eigenvalue weighted by Gasteiger charge is 2.12. The predicted octanol–water partition coefficient (Wildman–Crippen LogP) is 2.71. The van der Waals surface area contributed by atoms with Crippen LogP contribution in [0.3, 0.4) is 0 Å². The lowest BCUT2D eigenvalue weighted by Crippen LogP contribution is -2.03. The highest BCUT2D eigenvalue weighted by Crippen LogP contribution is 2.27. The summed E-state index contributed by atoms with van der Waals surface area (Å²) in [6.45, 7) is 4.19. The fraction of sp³-hybridized carbons (Fsp3) is 0.273. The molecule has 5 heteroatoms. The Kier molecular flexibility index (Phi) is 3.13. The van der Waals surface area contributed by atoms with E-state index in [1.54, 1.807) is 6.33 Å². The summed E-state index contributed by atoms with van der Waals surface area (Å²) in [5.41, 5.74) is 7.64. The van der Waals surface area contributed by atoms with E-state index in [-0.39, 0.29) is 0 Å². The van der Waals surface area contributed by atoms with Gasteiger partial charge in [0.05, 0.1) is 0 Å².